The standard InChI is InChI=1S/C20H26N2OS/c1-2-3-8-16-9-7-12-18(15-16)24-14-13-19(21)20(23)22-17-10-5-4-6-11-17/h4-7,9-12,15,19H,2-3,8,13-14,21H2,1H3,(H,22,23). The number of anilines is 1. The highest BCUT2D eigenvalue weighted by Crippen LogP contribution is 2.21. The summed E-state index contributed by atoms with van der Waals surface area (Å²) in [5.74, 6) is 0.708. The van der Waals surface area contributed by atoms with E-state index in [1.165, 1.54) is 23.3 Å². The van der Waals surface area contributed by atoms with Crippen LogP contribution in [0.1, 0.15) is 31.7 Å². The molecule has 2 aromatic rings. The molecule has 0 saturated heterocycles. The molecular weight excluding hydrogens is 316 g/mol. The third kappa shape index (κ3) is 6.38. The van der Waals surface area contributed by atoms with Crippen LogP contribution in [0.2, 0.25) is 0 Å². The summed E-state index contributed by atoms with van der Waals surface area (Å²) < 4.78 is 0. The van der Waals surface area contributed by atoms with Crippen molar-refractivity contribution in [1.29, 1.82) is 0 Å². The van der Waals surface area contributed by atoms with Gasteiger partial charge in [-0.15, -0.1) is 11.8 Å². The van der Waals surface area contributed by atoms with Gasteiger partial charge in [-0.2, -0.15) is 0 Å². The van der Waals surface area contributed by atoms with Crippen molar-refractivity contribution in [2.45, 2.75) is 43.5 Å². The molecule has 0 aliphatic carbocycles. The van der Waals surface area contributed by atoms with E-state index in [1.54, 1.807) is 11.8 Å². The Morgan fingerprint density at radius 2 is 1.96 bits per heavy atom. The molecule has 0 aliphatic rings. The SMILES string of the molecule is CCCCc1cccc(SCCC(N)C(=O)Nc2ccccc2)c1. The first-order valence-electron chi connectivity index (χ1n) is 8.52. The van der Waals surface area contributed by atoms with Gasteiger partial charge in [-0.25, -0.2) is 0 Å². The van der Waals surface area contributed by atoms with Crippen molar-refractivity contribution in [2.24, 2.45) is 5.73 Å². The lowest BCUT2D eigenvalue weighted by Crippen LogP contribution is -2.36. The molecule has 0 saturated carbocycles. The average Bonchev–Trinajstić information content (AvgIpc) is 2.61. The molecule has 1 amide bonds. The second-order valence-corrected chi connectivity index (χ2v) is 7.02. The summed E-state index contributed by atoms with van der Waals surface area (Å²) in [6, 6.07) is 17.6. The van der Waals surface area contributed by atoms with E-state index >= 15 is 0 Å². The van der Waals surface area contributed by atoms with Crippen LogP contribution in [0.25, 0.3) is 0 Å². The molecule has 1 unspecified atom stereocenters. The van der Waals surface area contributed by atoms with Crippen LogP contribution in [0.4, 0.5) is 5.69 Å². The van der Waals surface area contributed by atoms with Gasteiger partial charge in [-0.3, -0.25) is 4.79 Å². The van der Waals surface area contributed by atoms with Gasteiger partial charge in [-0.1, -0.05) is 43.7 Å². The lowest BCUT2D eigenvalue weighted by Gasteiger charge is -2.12. The highest BCUT2D eigenvalue weighted by atomic mass is 32.2. The number of aryl methyl sites for hydroxylation is 1. The number of unbranched alkanes of at least 4 members (excludes halogenated alkanes) is 1. The maximum absolute atomic E-state index is 12.1. The Morgan fingerprint density at radius 3 is 2.71 bits per heavy atom. The Balaban J connectivity index is 1.75. The molecule has 0 radical (unpaired) electrons. The lowest BCUT2D eigenvalue weighted by atomic mass is 10.1. The fourth-order valence-corrected chi connectivity index (χ4v) is 3.38. The number of carbonyl (C=O) groups excluding carboxylic acids is 1. The molecule has 0 spiro atoms. The van der Waals surface area contributed by atoms with Crippen LogP contribution in [-0.2, 0) is 11.2 Å². The molecule has 3 N–H and O–H groups in total. The zero-order valence-electron chi connectivity index (χ0n) is 14.2. The molecule has 0 aromatic heterocycles. The topological polar surface area (TPSA) is 55.1 Å². The van der Waals surface area contributed by atoms with Crippen molar-refractivity contribution < 1.29 is 4.79 Å². The normalized spacial score (nSPS) is 11.9. The summed E-state index contributed by atoms with van der Waals surface area (Å²) in [5, 5.41) is 2.85. The van der Waals surface area contributed by atoms with Gasteiger partial charge in [0.1, 0.15) is 0 Å². The maximum Gasteiger partial charge on any atom is 0.241 e. The number of para-hydroxylation sites is 1. The van der Waals surface area contributed by atoms with E-state index in [9.17, 15) is 4.79 Å². The monoisotopic (exact) mass is 342 g/mol. The van der Waals surface area contributed by atoms with Gasteiger partial charge in [-0.05, 0) is 54.8 Å². The van der Waals surface area contributed by atoms with E-state index in [1.807, 2.05) is 30.3 Å². The molecule has 0 bridgehead atoms. The fraction of sp³-hybridized carbons (Fsp3) is 0.350. The van der Waals surface area contributed by atoms with E-state index in [0.29, 0.717) is 6.42 Å². The van der Waals surface area contributed by atoms with E-state index in [2.05, 4.69) is 36.5 Å². The molecule has 1 atom stereocenters. The van der Waals surface area contributed by atoms with E-state index in [-0.39, 0.29) is 5.91 Å². The van der Waals surface area contributed by atoms with Crippen LogP contribution in [-0.4, -0.2) is 17.7 Å². The largest absolute Gasteiger partial charge is 0.325 e. The van der Waals surface area contributed by atoms with E-state index in [4.69, 9.17) is 5.73 Å². The maximum atomic E-state index is 12.1. The lowest BCUT2D eigenvalue weighted by molar-refractivity contribution is -0.117. The van der Waals surface area contributed by atoms with Crippen LogP contribution < -0.4 is 11.1 Å². The minimum absolute atomic E-state index is 0.126. The molecule has 3 nitrogen and oxygen atoms in total. The minimum atomic E-state index is -0.485. The molecule has 4 heteroatoms. The van der Waals surface area contributed by atoms with Gasteiger partial charge < -0.3 is 11.1 Å². The summed E-state index contributed by atoms with van der Waals surface area (Å²) in [4.78, 5) is 13.3. The van der Waals surface area contributed by atoms with E-state index in [0.717, 1.165) is 17.9 Å². The van der Waals surface area contributed by atoms with Crippen LogP contribution >= 0.6 is 11.8 Å². The summed E-state index contributed by atoms with van der Waals surface area (Å²) in [6.07, 6.45) is 4.22. The molecule has 128 valence electrons. The number of benzene rings is 2. The summed E-state index contributed by atoms with van der Waals surface area (Å²) in [7, 11) is 0. The van der Waals surface area contributed by atoms with Gasteiger partial charge in [0.2, 0.25) is 5.91 Å². The number of nitrogens with one attached hydrogen (secondary N) is 1. The fourth-order valence-electron chi connectivity index (χ4n) is 2.36. The summed E-state index contributed by atoms with van der Waals surface area (Å²) in [5.41, 5.74) is 8.17. The van der Waals surface area contributed by atoms with Crippen molar-refractivity contribution in [2.75, 3.05) is 11.1 Å². The number of rotatable bonds is 9. The molecule has 24 heavy (non-hydrogen) atoms. The van der Waals surface area contributed by atoms with Crippen LogP contribution in [0, 0.1) is 0 Å². The molecule has 2 aromatic carbocycles. The zero-order valence-corrected chi connectivity index (χ0v) is 15.0. The van der Waals surface area contributed by atoms with E-state index < -0.39 is 6.04 Å². The van der Waals surface area contributed by atoms with Crippen molar-refractivity contribution in [3.63, 3.8) is 0 Å². The molecular formula is C20H26N2OS. The van der Waals surface area contributed by atoms with Crippen molar-refractivity contribution in [3.8, 4) is 0 Å². The van der Waals surface area contributed by atoms with Crippen LogP contribution in [0.15, 0.2) is 59.5 Å². The Bertz CT molecular complexity index is 631. The Labute approximate surface area is 149 Å². The quantitative estimate of drug-likeness (QED) is 0.661. The molecule has 2 rings (SSSR count). The molecule has 0 heterocycles. The predicted molar refractivity (Wildman–Crippen MR) is 103 cm³/mol. The van der Waals surface area contributed by atoms with Gasteiger partial charge in [0.05, 0.1) is 6.04 Å². The smallest absolute Gasteiger partial charge is 0.241 e. The zero-order chi connectivity index (χ0) is 17.2. The third-order valence-corrected chi connectivity index (χ3v) is 4.82. The highest BCUT2D eigenvalue weighted by Gasteiger charge is 2.13. The van der Waals surface area contributed by atoms with Gasteiger partial charge in [0.25, 0.3) is 0 Å². The molecule has 0 fully saturated rings. The Morgan fingerprint density at radius 1 is 1.17 bits per heavy atom. The first kappa shape index (κ1) is 18.6. The van der Waals surface area contributed by atoms with Gasteiger partial charge in [0.15, 0.2) is 0 Å². The van der Waals surface area contributed by atoms with Crippen molar-refractivity contribution in [1.82, 2.24) is 0 Å². The number of hydrogen-bond donors (Lipinski definition) is 2. The second kappa shape index (κ2) is 10.2. The Kier molecular flexibility index (Phi) is 7.86. The number of hydrogen-bond acceptors (Lipinski definition) is 3. The third-order valence-electron chi connectivity index (χ3n) is 3.79. The Hall–Kier alpha value is -1.78. The number of thioether (sulfide) groups is 1. The highest BCUT2D eigenvalue weighted by molar-refractivity contribution is 7.99. The van der Waals surface area contributed by atoms with Crippen molar-refractivity contribution in [3.05, 3.63) is 60.2 Å². The van der Waals surface area contributed by atoms with Crippen LogP contribution in [0.5, 0.6) is 0 Å². The second-order valence-electron chi connectivity index (χ2n) is 5.85. The van der Waals surface area contributed by atoms with Crippen molar-refractivity contribution >= 4 is 23.4 Å². The average molecular weight is 343 g/mol. The molecule has 0 aliphatic heterocycles. The summed E-state index contributed by atoms with van der Waals surface area (Å²) in [6.45, 7) is 2.21. The number of amides is 1. The predicted octanol–water partition coefficient (Wildman–Crippen LogP) is 4.48. The number of carbonyl (C=O) groups is 1. The van der Waals surface area contributed by atoms with Crippen LogP contribution in [0.3, 0.4) is 0 Å². The van der Waals surface area contributed by atoms with Gasteiger partial charge in [0, 0.05) is 10.6 Å². The van der Waals surface area contributed by atoms with Gasteiger partial charge >= 0.3 is 0 Å². The minimum Gasteiger partial charge on any atom is -0.325 e. The first-order chi connectivity index (χ1) is 11.7. The first-order valence-corrected chi connectivity index (χ1v) is 9.51. The summed E-state index contributed by atoms with van der Waals surface area (Å²) >= 11 is 1.76. The number of nitrogens with two attached hydrogens (primary N) is 1.